The van der Waals surface area contributed by atoms with E-state index in [0.717, 1.165) is 11.1 Å². The number of rotatable bonds is 5. The molecule has 0 aliphatic rings. The van der Waals surface area contributed by atoms with E-state index < -0.39 is 12.1 Å². The number of carboxylic acid groups (broad SMARTS) is 1. The second kappa shape index (κ2) is 7.60. The Balaban J connectivity index is 1.80. The number of hydrogen-bond acceptors (Lipinski definition) is 2. The Hall–Kier alpha value is -2.49. The van der Waals surface area contributed by atoms with Gasteiger partial charge in [0.15, 0.2) is 0 Å². The third-order valence-electron chi connectivity index (χ3n) is 3.68. The predicted molar refractivity (Wildman–Crippen MR) is 99.3 cm³/mol. The molecule has 0 heterocycles. The number of halogens is 2. The normalized spacial score (nSPS) is 11.8. The minimum atomic E-state index is -1.10. The molecule has 3 rings (SSSR count). The van der Waals surface area contributed by atoms with E-state index in [2.05, 4.69) is 0 Å². The van der Waals surface area contributed by atoms with Crippen molar-refractivity contribution < 1.29 is 14.6 Å². The zero-order valence-corrected chi connectivity index (χ0v) is 14.5. The van der Waals surface area contributed by atoms with E-state index in [0.29, 0.717) is 21.4 Å². The van der Waals surface area contributed by atoms with Crippen molar-refractivity contribution in [2.45, 2.75) is 6.10 Å². The van der Waals surface area contributed by atoms with Crippen molar-refractivity contribution in [1.82, 2.24) is 0 Å². The highest BCUT2D eigenvalue weighted by Crippen LogP contribution is 2.27. The molecule has 0 fully saturated rings. The highest BCUT2D eigenvalue weighted by molar-refractivity contribution is 6.30. The molecule has 3 aromatic carbocycles. The molecule has 0 aliphatic carbocycles. The minimum absolute atomic E-state index is 0.472. The first kappa shape index (κ1) is 17.3. The van der Waals surface area contributed by atoms with Gasteiger partial charge in [0, 0.05) is 15.6 Å². The lowest BCUT2D eigenvalue weighted by atomic mass is 10.1. The first-order valence-electron chi connectivity index (χ1n) is 7.54. The molecular formula is C20H14Cl2O3. The van der Waals surface area contributed by atoms with E-state index in [1.807, 2.05) is 36.4 Å². The van der Waals surface area contributed by atoms with Crippen LogP contribution in [0.25, 0.3) is 11.1 Å². The zero-order chi connectivity index (χ0) is 17.8. The number of carboxylic acids is 1. The smallest absolute Gasteiger partial charge is 0.349 e. The van der Waals surface area contributed by atoms with Crippen LogP contribution in [0.3, 0.4) is 0 Å². The van der Waals surface area contributed by atoms with Crippen molar-refractivity contribution in [3.8, 4) is 16.9 Å². The maximum atomic E-state index is 11.5. The summed E-state index contributed by atoms with van der Waals surface area (Å²) in [6.45, 7) is 0. The van der Waals surface area contributed by atoms with Crippen molar-refractivity contribution in [3.05, 3.63) is 88.4 Å². The molecular weight excluding hydrogens is 359 g/mol. The second-order valence-corrected chi connectivity index (χ2v) is 6.29. The lowest BCUT2D eigenvalue weighted by molar-refractivity contribution is -0.145. The number of benzene rings is 3. The summed E-state index contributed by atoms with van der Waals surface area (Å²) in [6, 6.07) is 21.3. The van der Waals surface area contributed by atoms with E-state index in [4.69, 9.17) is 27.9 Å². The average molecular weight is 373 g/mol. The summed E-state index contributed by atoms with van der Waals surface area (Å²) in [5, 5.41) is 10.7. The highest BCUT2D eigenvalue weighted by Gasteiger charge is 2.21. The standard InChI is InChI=1S/C20H14Cl2O3/c21-16-7-1-13(2-8-16)14-5-11-18(12-6-14)25-19(20(23)24)15-3-9-17(22)10-4-15/h1-12,19H,(H,23,24). The molecule has 0 radical (unpaired) electrons. The molecule has 3 aromatic rings. The van der Waals surface area contributed by atoms with E-state index in [9.17, 15) is 9.90 Å². The third kappa shape index (κ3) is 4.32. The Morgan fingerprint density at radius 3 is 1.68 bits per heavy atom. The topological polar surface area (TPSA) is 46.5 Å². The number of aliphatic carboxylic acids is 1. The van der Waals surface area contributed by atoms with Gasteiger partial charge in [-0.25, -0.2) is 4.79 Å². The van der Waals surface area contributed by atoms with Crippen molar-refractivity contribution >= 4 is 29.2 Å². The molecule has 0 aliphatic heterocycles. The molecule has 126 valence electrons. The van der Waals surface area contributed by atoms with Gasteiger partial charge in [0.25, 0.3) is 0 Å². The monoisotopic (exact) mass is 372 g/mol. The van der Waals surface area contributed by atoms with Gasteiger partial charge in [0.05, 0.1) is 0 Å². The van der Waals surface area contributed by atoms with E-state index in [1.54, 1.807) is 36.4 Å². The SMILES string of the molecule is O=C(O)C(Oc1ccc(-c2ccc(Cl)cc2)cc1)c1ccc(Cl)cc1. The summed E-state index contributed by atoms with van der Waals surface area (Å²) in [6.07, 6.45) is -1.10. The first-order chi connectivity index (χ1) is 12.0. The fourth-order valence-electron chi connectivity index (χ4n) is 2.40. The van der Waals surface area contributed by atoms with Crippen LogP contribution in [0.2, 0.25) is 10.0 Å². The Morgan fingerprint density at radius 1 is 0.760 bits per heavy atom. The van der Waals surface area contributed by atoms with Gasteiger partial charge in [-0.2, -0.15) is 0 Å². The number of ether oxygens (including phenoxy) is 1. The molecule has 0 aromatic heterocycles. The molecule has 0 bridgehead atoms. The molecule has 5 heteroatoms. The predicted octanol–water partition coefficient (Wildman–Crippen LogP) is 5.87. The first-order valence-corrected chi connectivity index (χ1v) is 8.29. The Bertz CT molecular complexity index is 857. The summed E-state index contributed by atoms with van der Waals surface area (Å²) in [7, 11) is 0. The summed E-state index contributed by atoms with van der Waals surface area (Å²) in [5.74, 6) is -0.593. The molecule has 1 unspecified atom stereocenters. The van der Waals surface area contributed by atoms with Gasteiger partial charge in [-0.3, -0.25) is 0 Å². The van der Waals surface area contributed by atoms with Crippen LogP contribution in [-0.4, -0.2) is 11.1 Å². The Labute approximate surface area is 155 Å². The molecule has 1 N–H and O–H groups in total. The van der Waals surface area contributed by atoms with Crippen LogP contribution in [0.1, 0.15) is 11.7 Å². The van der Waals surface area contributed by atoms with Crippen LogP contribution in [0.15, 0.2) is 72.8 Å². The minimum Gasteiger partial charge on any atom is -0.478 e. The average Bonchev–Trinajstić information content (AvgIpc) is 2.62. The van der Waals surface area contributed by atoms with Gasteiger partial charge in [0.2, 0.25) is 6.10 Å². The van der Waals surface area contributed by atoms with Crippen LogP contribution in [-0.2, 0) is 4.79 Å². The number of carbonyl (C=O) groups is 1. The molecule has 1 atom stereocenters. The van der Waals surface area contributed by atoms with Crippen LogP contribution in [0.4, 0.5) is 0 Å². The molecule has 25 heavy (non-hydrogen) atoms. The zero-order valence-electron chi connectivity index (χ0n) is 13.0. The summed E-state index contributed by atoms with van der Waals surface area (Å²) >= 11 is 11.7. The molecule has 0 spiro atoms. The van der Waals surface area contributed by atoms with Gasteiger partial charge in [0.1, 0.15) is 5.75 Å². The third-order valence-corrected chi connectivity index (χ3v) is 4.19. The lowest BCUT2D eigenvalue weighted by Gasteiger charge is -2.16. The van der Waals surface area contributed by atoms with Crippen LogP contribution < -0.4 is 4.74 Å². The van der Waals surface area contributed by atoms with E-state index in [1.165, 1.54) is 0 Å². The second-order valence-electron chi connectivity index (χ2n) is 5.42. The summed E-state index contributed by atoms with van der Waals surface area (Å²) < 4.78 is 5.65. The van der Waals surface area contributed by atoms with Crippen molar-refractivity contribution in [3.63, 3.8) is 0 Å². The lowest BCUT2D eigenvalue weighted by Crippen LogP contribution is -2.18. The van der Waals surface area contributed by atoms with Gasteiger partial charge >= 0.3 is 5.97 Å². The van der Waals surface area contributed by atoms with Gasteiger partial charge in [-0.05, 0) is 47.5 Å². The summed E-state index contributed by atoms with van der Waals surface area (Å²) in [4.78, 5) is 11.5. The van der Waals surface area contributed by atoms with Crippen molar-refractivity contribution in [1.29, 1.82) is 0 Å². The number of hydrogen-bond donors (Lipinski definition) is 1. The fourth-order valence-corrected chi connectivity index (χ4v) is 2.65. The van der Waals surface area contributed by atoms with Crippen LogP contribution in [0, 0.1) is 0 Å². The fraction of sp³-hybridized carbons (Fsp3) is 0.0500. The van der Waals surface area contributed by atoms with E-state index >= 15 is 0 Å². The molecule has 3 nitrogen and oxygen atoms in total. The quantitative estimate of drug-likeness (QED) is 0.609. The van der Waals surface area contributed by atoms with Crippen LogP contribution in [0.5, 0.6) is 5.75 Å². The molecule has 0 saturated heterocycles. The van der Waals surface area contributed by atoms with Crippen molar-refractivity contribution in [2.75, 3.05) is 0 Å². The molecule has 0 amide bonds. The highest BCUT2D eigenvalue weighted by atomic mass is 35.5. The van der Waals surface area contributed by atoms with Gasteiger partial charge < -0.3 is 9.84 Å². The van der Waals surface area contributed by atoms with Gasteiger partial charge in [-0.1, -0.05) is 59.6 Å². The summed E-state index contributed by atoms with van der Waals surface area (Å²) in [5.41, 5.74) is 2.53. The van der Waals surface area contributed by atoms with Crippen LogP contribution >= 0.6 is 23.2 Å². The Kier molecular flexibility index (Phi) is 5.27. The molecule has 0 saturated carbocycles. The largest absolute Gasteiger partial charge is 0.478 e. The van der Waals surface area contributed by atoms with E-state index in [-0.39, 0.29) is 0 Å². The maximum absolute atomic E-state index is 11.5. The Morgan fingerprint density at radius 2 is 1.20 bits per heavy atom. The maximum Gasteiger partial charge on any atom is 0.349 e. The van der Waals surface area contributed by atoms with Gasteiger partial charge in [-0.15, -0.1) is 0 Å². The van der Waals surface area contributed by atoms with Crippen molar-refractivity contribution in [2.24, 2.45) is 0 Å².